The Labute approximate surface area is 234 Å². The minimum absolute atomic E-state index is 0.130. The molecule has 4 nitrogen and oxygen atoms in total. The third-order valence-corrected chi connectivity index (χ3v) is 7.38. The molecule has 3 aromatic carbocycles. The lowest BCUT2D eigenvalue weighted by Gasteiger charge is -2.39. The van der Waals surface area contributed by atoms with Crippen LogP contribution in [0.5, 0.6) is 0 Å². The van der Waals surface area contributed by atoms with E-state index in [1.54, 1.807) is 0 Å². The second-order valence-corrected chi connectivity index (χ2v) is 10.8. The number of unbranched alkanes of at least 4 members (excludes halogenated alkanes) is 5. The third-order valence-electron chi connectivity index (χ3n) is 7.38. The van der Waals surface area contributed by atoms with Crippen molar-refractivity contribution in [3.63, 3.8) is 0 Å². The van der Waals surface area contributed by atoms with E-state index in [9.17, 15) is 4.79 Å². The molecule has 0 bridgehead atoms. The molecule has 1 fully saturated rings. The minimum atomic E-state index is -1.06. The number of carbonyl (C=O) groups is 1. The van der Waals surface area contributed by atoms with E-state index in [1.807, 2.05) is 74.5 Å². The fourth-order valence-corrected chi connectivity index (χ4v) is 5.51. The van der Waals surface area contributed by atoms with Crippen molar-refractivity contribution in [3.8, 4) is 0 Å². The molecule has 1 heterocycles. The molecule has 0 radical (unpaired) electrons. The van der Waals surface area contributed by atoms with Crippen LogP contribution in [0.4, 0.5) is 0 Å². The number of hydrogen-bond acceptors (Lipinski definition) is 4. The second-order valence-electron chi connectivity index (χ2n) is 10.8. The Kier molecular flexibility index (Phi) is 9.90. The van der Waals surface area contributed by atoms with Crippen LogP contribution in [-0.4, -0.2) is 30.4 Å². The highest BCUT2D eigenvalue weighted by molar-refractivity contribution is 5.60. The molecule has 0 aromatic heterocycles. The summed E-state index contributed by atoms with van der Waals surface area (Å²) in [6.45, 7) is 6.05. The largest absolute Gasteiger partial charge is 0.357 e. The van der Waals surface area contributed by atoms with Gasteiger partial charge in [0.05, 0.1) is 6.61 Å². The van der Waals surface area contributed by atoms with Gasteiger partial charge in [-0.05, 0) is 43.4 Å². The van der Waals surface area contributed by atoms with Crippen LogP contribution in [0.2, 0.25) is 0 Å². The zero-order chi connectivity index (χ0) is 27.6. The zero-order valence-electron chi connectivity index (χ0n) is 23.6. The molecule has 4 rings (SSSR count). The third kappa shape index (κ3) is 6.75. The van der Waals surface area contributed by atoms with E-state index >= 15 is 0 Å². The first-order valence-electron chi connectivity index (χ1n) is 14.3. The fraction of sp³-hybridized carbons (Fsp3) is 0.400. The minimum Gasteiger partial charge on any atom is -0.357 e. The Morgan fingerprint density at radius 3 is 1.79 bits per heavy atom. The molecular weight excluding hydrogens is 484 g/mol. The average Bonchev–Trinajstić information content (AvgIpc) is 3.24. The van der Waals surface area contributed by atoms with Gasteiger partial charge in [-0.1, -0.05) is 136 Å². The smallest absolute Gasteiger partial charge is 0.165 e. The molecule has 206 valence electrons. The van der Waals surface area contributed by atoms with Crippen LogP contribution in [0.3, 0.4) is 0 Å². The maximum atomic E-state index is 12.4. The molecule has 0 saturated carbocycles. The molecule has 0 spiro atoms. The van der Waals surface area contributed by atoms with Gasteiger partial charge in [-0.3, -0.25) is 0 Å². The van der Waals surface area contributed by atoms with Crippen LogP contribution in [-0.2, 0) is 24.6 Å². The molecule has 1 aliphatic heterocycles. The molecule has 2 atom stereocenters. The molecule has 1 aliphatic rings. The molecule has 0 aliphatic carbocycles. The number of rotatable bonds is 14. The summed E-state index contributed by atoms with van der Waals surface area (Å²) >= 11 is 0. The number of ether oxygens (including phenoxy) is 3. The van der Waals surface area contributed by atoms with Crippen molar-refractivity contribution >= 4 is 6.29 Å². The van der Waals surface area contributed by atoms with Crippen molar-refractivity contribution in [2.24, 2.45) is 0 Å². The van der Waals surface area contributed by atoms with E-state index in [1.165, 1.54) is 25.7 Å². The van der Waals surface area contributed by atoms with Crippen LogP contribution in [0.25, 0.3) is 0 Å². The zero-order valence-corrected chi connectivity index (χ0v) is 23.6. The highest BCUT2D eigenvalue weighted by Gasteiger charge is 2.53. The topological polar surface area (TPSA) is 44.8 Å². The van der Waals surface area contributed by atoms with E-state index in [2.05, 4.69) is 49.4 Å². The summed E-state index contributed by atoms with van der Waals surface area (Å²) in [6, 6.07) is 30.7. The Balaban J connectivity index is 1.74. The molecule has 0 N–H and O–H groups in total. The van der Waals surface area contributed by atoms with Crippen LogP contribution >= 0.6 is 0 Å². The summed E-state index contributed by atoms with van der Waals surface area (Å²) in [5, 5.41) is 0. The van der Waals surface area contributed by atoms with E-state index < -0.39 is 23.1 Å². The van der Waals surface area contributed by atoms with Gasteiger partial charge in [0.1, 0.15) is 11.2 Å². The number of allylic oxidation sites excluding steroid dienone is 1. The Morgan fingerprint density at radius 2 is 1.31 bits per heavy atom. The maximum Gasteiger partial charge on any atom is 0.165 e. The monoisotopic (exact) mass is 526 g/mol. The van der Waals surface area contributed by atoms with Gasteiger partial charge < -0.3 is 19.0 Å². The summed E-state index contributed by atoms with van der Waals surface area (Å²) in [6.07, 6.45) is 11.1. The normalized spacial score (nSPS) is 20.8. The molecule has 0 unspecified atom stereocenters. The molecule has 3 aromatic rings. The summed E-state index contributed by atoms with van der Waals surface area (Å²) in [7, 11) is 0. The number of hydrogen-bond donors (Lipinski definition) is 0. The molecule has 39 heavy (non-hydrogen) atoms. The predicted molar refractivity (Wildman–Crippen MR) is 157 cm³/mol. The van der Waals surface area contributed by atoms with Gasteiger partial charge in [-0.15, -0.1) is 0 Å². The number of benzene rings is 3. The SMILES string of the molecule is CCCCCCC/C=C/[C@@]1(COC(c2ccccc2)(c2ccccc2)c2ccccc2)OC(C)(C)O[C@H]1C=O. The van der Waals surface area contributed by atoms with Crippen LogP contribution in [0.1, 0.15) is 76.0 Å². The second kappa shape index (κ2) is 13.3. The van der Waals surface area contributed by atoms with Gasteiger partial charge in [0.15, 0.2) is 18.2 Å². The highest BCUT2D eigenvalue weighted by Crippen LogP contribution is 2.44. The Hall–Kier alpha value is -3.05. The van der Waals surface area contributed by atoms with Crippen molar-refractivity contribution in [2.45, 2.75) is 82.4 Å². The first-order valence-corrected chi connectivity index (χ1v) is 14.3. The summed E-state index contributed by atoms with van der Waals surface area (Å²) in [4.78, 5) is 12.4. The first kappa shape index (κ1) is 28.9. The summed E-state index contributed by atoms with van der Waals surface area (Å²) in [5.41, 5.74) is 1.02. The lowest BCUT2D eigenvalue weighted by molar-refractivity contribution is -0.170. The lowest BCUT2D eigenvalue weighted by atomic mass is 9.80. The molecule has 0 amide bonds. The Morgan fingerprint density at radius 1 is 0.795 bits per heavy atom. The van der Waals surface area contributed by atoms with Gasteiger partial charge in [0.2, 0.25) is 0 Å². The van der Waals surface area contributed by atoms with Crippen LogP contribution < -0.4 is 0 Å². The van der Waals surface area contributed by atoms with Crippen molar-refractivity contribution in [1.82, 2.24) is 0 Å². The highest BCUT2D eigenvalue weighted by atomic mass is 16.8. The van der Waals surface area contributed by atoms with Crippen molar-refractivity contribution in [1.29, 1.82) is 0 Å². The number of carbonyl (C=O) groups excluding carboxylic acids is 1. The summed E-state index contributed by atoms with van der Waals surface area (Å²) in [5.74, 6) is -0.921. The standard InChI is InChI=1S/C35H42O4/c1-4-5-6-7-8-9-19-26-34(32(27-36)38-33(2,3)39-34)28-37-35(29-20-13-10-14-21-29,30-22-15-11-16-23-30)31-24-17-12-18-25-31/h10-27,32H,4-9,28H2,1-3H3/b26-19+/t32-,34-/m0/s1. The van der Waals surface area contributed by atoms with Gasteiger partial charge in [-0.2, -0.15) is 0 Å². The summed E-state index contributed by atoms with van der Waals surface area (Å²) < 4.78 is 19.7. The van der Waals surface area contributed by atoms with Crippen molar-refractivity contribution in [3.05, 3.63) is 120 Å². The van der Waals surface area contributed by atoms with Gasteiger partial charge in [-0.25, -0.2) is 0 Å². The van der Waals surface area contributed by atoms with E-state index in [4.69, 9.17) is 14.2 Å². The van der Waals surface area contributed by atoms with E-state index in [0.717, 1.165) is 35.8 Å². The van der Waals surface area contributed by atoms with Gasteiger partial charge in [0.25, 0.3) is 0 Å². The maximum absolute atomic E-state index is 12.4. The van der Waals surface area contributed by atoms with Gasteiger partial charge in [0, 0.05) is 0 Å². The molecular formula is C35H42O4. The van der Waals surface area contributed by atoms with Crippen molar-refractivity contribution in [2.75, 3.05) is 6.61 Å². The Bertz CT molecular complexity index is 1080. The average molecular weight is 527 g/mol. The molecule has 4 heteroatoms. The number of aldehydes is 1. The lowest BCUT2D eigenvalue weighted by Crippen LogP contribution is -2.47. The van der Waals surface area contributed by atoms with Crippen LogP contribution in [0, 0.1) is 0 Å². The van der Waals surface area contributed by atoms with E-state index in [0.29, 0.717) is 0 Å². The van der Waals surface area contributed by atoms with E-state index in [-0.39, 0.29) is 6.61 Å². The fourth-order valence-electron chi connectivity index (χ4n) is 5.51. The quantitative estimate of drug-likeness (QED) is 0.0924. The van der Waals surface area contributed by atoms with Gasteiger partial charge >= 0.3 is 0 Å². The predicted octanol–water partition coefficient (Wildman–Crippen LogP) is 8.00. The van der Waals surface area contributed by atoms with Crippen LogP contribution in [0.15, 0.2) is 103 Å². The molecule has 1 saturated heterocycles. The first-order chi connectivity index (χ1) is 19.0. The van der Waals surface area contributed by atoms with Crippen molar-refractivity contribution < 1.29 is 19.0 Å².